The number of unbranched alkanes of at least 4 members (excludes halogenated alkanes) is 2. The summed E-state index contributed by atoms with van der Waals surface area (Å²) in [6.07, 6.45) is 4.28. The van der Waals surface area contributed by atoms with Crippen LogP contribution < -0.4 is 5.32 Å². The summed E-state index contributed by atoms with van der Waals surface area (Å²) < 4.78 is 5.12. The first-order valence-electron chi connectivity index (χ1n) is 9.54. The molecule has 4 N–H and O–H groups in total. The van der Waals surface area contributed by atoms with Gasteiger partial charge in [0, 0.05) is 6.42 Å². The molecule has 152 valence electrons. The Labute approximate surface area is 156 Å². The van der Waals surface area contributed by atoms with E-state index in [4.69, 9.17) is 4.74 Å². The molecule has 0 radical (unpaired) electrons. The lowest BCUT2D eigenvalue weighted by molar-refractivity contribution is -0.146. The number of rotatable bonds is 14. The zero-order valence-electron chi connectivity index (χ0n) is 16.2. The molecule has 1 amide bonds. The summed E-state index contributed by atoms with van der Waals surface area (Å²) in [5.74, 6) is -1.04. The van der Waals surface area contributed by atoms with E-state index in [1.165, 1.54) is 12.2 Å². The van der Waals surface area contributed by atoms with E-state index in [-0.39, 0.29) is 19.4 Å². The number of ether oxygens (including phenoxy) is 1. The average Bonchev–Trinajstić information content (AvgIpc) is 2.64. The number of esters is 1. The van der Waals surface area contributed by atoms with Crippen molar-refractivity contribution < 1.29 is 29.6 Å². The minimum atomic E-state index is -1.19. The fourth-order valence-corrected chi connectivity index (χ4v) is 2.15. The molecule has 0 aliphatic rings. The molecule has 0 rings (SSSR count). The number of nitrogens with one attached hydrogen (secondary N) is 1. The lowest BCUT2D eigenvalue weighted by atomic mass is 10.1. The lowest BCUT2D eigenvalue weighted by Gasteiger charge is -2.23. The second-order valence-corrected chi connectivity index (χ2v) is 6.41. The van der Waals surface area contributed by atoms with Crippen LogP contribution in [0.4, 0.5) is 0 Å². The van der Waals surface area contributed by atoms with Gasteiger partial charge in [-0.15, -0.1) is 0 Å². The molecule has 26 heavy (non-hydrogen) atoms. The molecule has 0 fully saturated rings. The second-order valence-electron chi connectivity index (χ2n) is 6.41. The monoisotopic (exact) mass is 373 g/mol. The van der Waals surface area contributed by atoms with Crippen LogP contribution >= 0.6 is 0 Å². The SMILES string of the molecule is CCCCC(=O)OCC(NC(=O)C(O)CC)C(O)/C=C/C(O)CCCC. The highest BCUT2D eigenvalue weighted by Crippen LogP contribution is 2.06. The van der Waals surface area contributed by atoms with Crippen molar-refractivity contribution in [1.82, 2.24) is 5.32 Å². The highest BCUT2D eigenvalue weighted by molar-refractivity contribution is 5.80. The van der Waals surface area contributed by atoms with E-state index in [0.29, 0.717) is 12.8 Å². The van der Waals surface area contributed by atoms with Crippen LogP contribution in [0.15, 0.2) is 12.2 Å². The van der Waals surface area contributed by atoms with Gasteiger partial charge in [-0.3, -0.25) is 9.59 Å². The highest BCUT2D eigenvalue weighted by atomic mass is 16.5. The standard InChI is InChI=1S/C19H35NO6/c1-4-7-9-14(21)11-12-17(23)15(20-19(25)16(22)6-3)13-26-18(24)10-8-5-2/h11-12,14-17,21-23H,4-10,13H2,1-3H3,(H,20,25)/b12-11+. The molecule has 0 spiro atoms. The highest BCUT2D eigenvalue weighted by Gasteiger charge is 2.24. The van der Waals surface area contributed by atoms with Crippen molar-refractivity contribution in [2.45, 2.75) is 90.1 Å². The predicted molar refractivity (Wildman–Crippen MR) is 99.4 cm³/mol. The van der Waals surface area contributed by atoms with E-state index in [9.17, 15) is 24.9 Å². The number of carbonyl (C=O) groups is 2. The molecule has 0 aromatic heterocycles. The van der Waals surface area contributed by atoms with Gasteiger partial charge in [0.2, 0.25) is 5.91 Å². The van der Waals surface area contributed by atoms with Gasteiger partial charge in [-0.05, 0) is 19.3 Å². The van der Waals surface area contributed by atoms with E-state index < -0.39 is 36.2 Å². The smallest absolute Gasteiger partial charge is 0.305 e. The molecular formula is C19H35NO6. The summed E-state index contributed by atoms with van der Waals surface area (Å²) in [6.45, 7) is 5.43. The van der Waals surface area contributed by atoms with Gasteiger partial charge in [-0.25, -0.2) is 0 Å². The molecule has 0 aromatic rings. The lowest BCUT2D eigenvalue weighted by Crippen LogP contribution is -2.49. The van der Waals surface area contributed by atoms with Gasteiger partial charge < -0.3 is 25.4 Å². The summed E-state index contributed by atoms with van der Waals surface area (Å²) in [6, 6.07) is -0.899. The van der Waals surface area contributed by atoms with Crippen molar-refractivity contribution in [2.24, 2.45) is 0 Å². The first kappa shape index (κ1) is 24.6. The van der Waals surface area contributed by atoms with Gasteiger partial charge in [0.25, 0.3) is 0 Å². The van der Waals surface area contributed by atoms with E-state index >= 15 is 0 Å². The summed E-state index contributed by atoms with van der Waals surface area (Å²) >= 11 is 0. The van der Waals surface area contributed by atoms with Crippen LogP contribution in [0.3, 0.4) is 0 Å². The minimum Gasteiger partial charge on any atom is -0.463 e. The van der Waals surface area contributed by atoms with Crippen molar-refractivity contribution >= 4 is 11.9 Å². The summed E-state index contributed by atoms with van der Waals surface area (Å²) in [5, 5.41) is 32.2. The molecule has 4 unspecified atom stereocenters. The average molecular weight is 373 g/mol. The Kier molecular flexibility index (Phi) is 13.9. The van der Waals surface area contributed by atoms with Crippen LogP contribution in [0.2, 0.25) is 0 Å². The molecule has 7 nitrogen and oxygen atoms in total. The number of aliphatic hydroxyl groups excluding tert-OH is 3. The molecular weight excluding hydrogens is 338 g/mol. The van der Waals surface area contributed by atoms with Crippen molar-refractivity contribution in [2.75, 3.05) is 6.61 Å². The van der Waals surface area contributed by atoms with Crippen LogP contribution in [-0.4, -0.2) is 58.2 Å². The number of hydrogen-bond acceptors (Lipinski definition) is 6. The van der Waals surface area contributed by atoms with Crippen LogP contribution in [0, 0.1) is 0 Å². The Morgan fingerprint density at radius 3 is 2.27 bits per heavy atom. The molecule has 0 aromatic carbocycles. The molecule has 0 aliphatic heterocycles. The zero-order valence-corrected chi connectivity index (χ0v) is 16.2. The Hall–Kier alpha value is -1.44. The molecule has 7 heteroatoms. The van der Waals surface area contributed by atoms with E-state index in [1.807, 2.05) is 13.8 Å². The Bertz CT molecular complexity index is 426. The maximum absolute atomic E-state index is 11.9. The van der Waals surface area contributed by atoms with Crippen molar-refractivity contribution in [3.05, 3.63) is 12.2 Å². The van der Waals surface area contributed by atoms with Gasteiger partial charge in [0.1, 0.15) is 12.7 Å². The third kappa shape index (κ3) is 11.2. The summed E-state index contributed by atoms with van der Waals surface area (Å²) in [7, 11) is 0. The maximum Gasteiger partial charge on any atom is 0.305 e. The normalized spacial score (nSPS) is 16.1. The Balaban J connectivity index is 4.80. The van der Waals surface area contributed by atoms with Gasteiger partial charge >= 0.3 is 5.97 Å². The summed E-state index contributed by atoms with van der Waals surface area (Å²) in [5.41, 5.74) is 0. The third-order valence-corrected chi connectivity index (χ3v) is 3.97. The maximum atomic E-state index is 11.9. The Morgan fingerprint density at radius 2 is 1.69 bits per heavy atom. The van der Waals surface area contributed by atoms with Crippen molar-refractivity contribution in [1.29, 1.82) is 0 Å². The van der Waals surface area contributed by atoms with Crippen LogP contribution in [0.25, 0.3) is 0 Å². The zero-order chi connectivity index (χ0) is 19.9. The second kappa shape index (κ2) is 14.7. The Morgan fingerprint density at radius 1 is 1.04 bits per heavy atom. The number of aliphatic hydroxyl groups is 3. The molecule has 0 saturated carbocycles. The summed E-state index contributed by atoms with van der Waals surface area (Å²) in [4.78, 5) is 23.6. The van der Waals surface area contributed by atoms with Gasteiger partial charge in [-0.2, -0.15) is 0 Å². The van der Waals surface area contributed by atoms with Crippen molar-refractivity contribution in [3.63, 3.8) is 0 Å². The molecule has 0 bridgehead atoms. The fourth-order valence-electron chi connectivity index (χ4n) is 2.15. The van der Waals surface area contributed by atoms with E-state index in [1.54, 1.807) is 6.92 Å². The fraction of sp³-hybridized carbons (Fsp3) is 0.789. The van der Waals surface area contributed by atoms with E-state index in [2.05, 4.69) is 5.32 Å². The molecule has 0 heterocycles. The first-order valence-corrected chi connectivity index (χ1v) is 9.54. The topological polar surface area (TPSA) is 116 Å². The van der Waals surface area contributed by atoms with Gasteiger partial charge in [0.05, 0.1) is 18.2 Å². The van der Waals surface area contributed by atoms with Gasteiger partial charge in [-0.1, -0.05) is 52.2 Å². The number of carbonyl (C=O) groups excluding carboxylic acids is 2. The minimum absolute atomic E-state index is 0.207. The largest absolute Gasteiger partial charge is 0.463 e. The van der Waals surface area contributed by atoms with Crippen LogP contribution in [0.5, 0.6) is 0 Å². The quantitative estimate of drug-likeness (QED) is 0.270. The molecule has 0 aliphatic carbocycles. The van der Waals surface area contributed by atoms with Crippen molar-refractivity contribution in [3.8, 4) is 0 Å². The first-order chi connectivity index (χ1) is 12.3. The molecule has 0 saturated heterocycles. The number of hydrogen-bond donors (Lipinski definition) is 4. The van der Waals surface area contributed by atoms with Gasteiger partial charge in [0.15, 0.2) is 0 Å². The van der Waals surface area contributed by atoms with Crippen LogP contribution in [0.1, 0.15) is 65.7 Å². The number of amides is 1. The predicted octanol–water partition coefficient (Wildman–Crippen LogP) is 1.44. The van der Waals surface area contributed by atoms with E-state index in [0.717, 1.165) is 19.3 Å². The molecule has 4 atom stereocenters. The third-order valence-electron chi connectivity index (χ3n) is 3.97. The van der Waals surface area contributed by atoms with Crippen LogP contribution in [-0.2, 0) is 14.3 Å².